The lowest BCUT2D eigenvalue weighted by atomic mass is 10.3. The summed E-state index contributed by atoms with van der Waals surface area (Å²) in [4.78, 5) is 11.3. The Kier molecular flexibility index (Phi) is 1.93. The van der Waals surface area contributed by atoms with Crippen LogP contribution in [-0.4, -0.2) is 22.7 Å². The SMILES string of the molecule is N#CCc1c[nH]c(C2=CC=NC2)n1. The Morgan fingerprint density at radius 2 is 2.54 bits per heavy atom. The molecule has 0 unspecified atom stereocenters. The van der Waals surface area contributed by atoms with Crippen molar-refractivity contribution < 1.29 is 0 Å². The zero-order valence-electron chi connectivity index (χ0n) is 6.99. The van der Waals surface area contributed by atoms with E-state index in [2.05, 4.69) is 21.0 Å². The summed E-state index contributed by atoms with van der Waals surface area (Å²) < 4.78 is 0. The van der Waals surface area contributed by atoms with Crippen molar-refractivity contribution in [1.82, 2.24) is 9.97 Å². The predicted octanol–water partition coefficient (Wildman–Crippen LogP) is 0.944. The maximum Gasteiger partial charge on any atom is 0.135 e. The van der Waals surface area contributed by atoms with Crippen molar-refractivity contribution in [1.29, 1.82) is 5.26 Å². The van der Waals surface area contributed by atoms with Crippen molar-refractivity contribution in [3.05, 3.63) is 23.8 Å². The second-order valence-electron chi connectivity index (χ2n) is 2.76. The van der Waals surface area contributed by atoms with E-state index in [1.54, 1.807) is 12.4 Å². The highest BCUT2D eigenvalue weighted by Crippen LogP contribution is 2.13. The molecule has 1 N–H and O–H groups in total. The highest BCUT2D eigenvalue weighted by molar-refractivity contribution is 5.88. The summed E-state index contributed by atoms with van der Waals surface area (Å²) in [5.74, 6) is 0.822. The van der Waals surface area contributed by atoms with Crippen LogP contribution in [-0.2, 0) is 6.42 Å². The fourth-order valence-corrected chi connectivity index (χ4v) is 1.20. The number of nitrogens with one attached hydrogen (secondary N) is 1. The van der Waals surface area contributed by atoms with Crippen LogP contribution in [0, 0.1) is 11.3 Å². The quantitative estimate of drug-likeness (QED) is 0.721. The molecule has 64 valence electrons. The van der Waals surface area contributed by atoms with Crippen LogP contribution in [0.5, 0.6) is 0 Å². The molecular formula is C9H8N4. The number of aliphatic imine (C=N–C) groups is 1. The molecule has 0 saturated heterocycles. The number of rotatable bonds is 2. The lowest BCUT2D eigenvalue weighted by Gasteiger charge is -1.92. The first-order valence-corrected chi connectivity index (χ1v) is 4.01. The first-order valence-electron chi connectivity index (χ1n) is 4.01. The third kappa shape index (κ3) is 1.49. The minimum Gasteiger partial charge on any atom is -0.345 e. The van der Waals surface area contributed by atoms with Crippen molar-refractivity contribution in [3.63, 3.8) is 0 Å². The number of H-pyrrole nitrogens is 1. The number of aromatic nitrogens is 2. The second kappa shape index (κ2) is 3.23. The Morgan fingerprint density at radius 3 is 3.23 bits per heavy atom. The molecule has 4 heteroatoms. The van der Waals surface area contributed by atoms with Crippen LogP contribution in [0.25, 0.3) is 5.57 Å². The standard InChI is InChI=1S/C9H8N4/c10-3-1-8-6-12-9(13-8)7-2-4-11-5-7/h2,4,6H,1,5H2,(H,12,13). The Bertz CT molecular complexity index is 405. The lowest BCUT2D eigenvalue weighted by Crippen LogP contribution is -1.88. The molecule has 0 bridgehead atoms. The largest absolute Gasteiger partial charge is 0.345 e. The molecule has 1 aliphatic heterocycles. The molecule has 0 atom stereocenters. The van der Waals surface area contributed by atoms with E-state index in [4.69, 9.17) is 5.26 Å². The van der Waals surface area contributed by atoms with Crippen molar-refractivity contribution in [3.8, 4) is 6.07 Å². The summed E-state index contributed by atoms with van der Waals surface area (Å²) in [7, 11) is 0. The van der Waals surface area contributed by atoms with Gasteiger partial charge in [-0.2, -0.15) is 5.26 Å². The molecule has 0 saturated carbocycles. The molecule has 2 heterocycles. The number of hydrogen-bond acceptors (Lipinski definition) is 3. The zero-order valence-corrected chi connectivity index (χ0v) is 6.99. The van der Waals surface area contributed by atoms with E-state index in [1.165, 1.54) is 0 Å². The minimum atomic E-state index is 0.352. The van der Waals surface area contributed by atoms with Gasteiger partial charge in [0.25, 0.3) is 0 Å². The van der Waals surface area contributed by atoms with E-state index in [0.717, 1.165) is 17.1 Å². The van der Waals surface area contributed by atoms with Crippen LogP contribution >= 0.6 is 0 Å². The Hall–Kier alpha value is -1.89. The first kappa shape index (κ1) is 7.74. The molecule has 0 fully saturated rings. The highest BCUT2D eigenvalue weighted by atomic mass is 14.9. The topological polar surface area (TPSA) is 64.8 Å². The van der Waals surface area contributed by atoms with Crippen molar-refractivity contribution in [2.75, 3.05) is 6.54 Å². The number of nitrogens with zero attached hydrogens (tertiary/aromatic N) is 3. The van der Waals surface area contributed by atoms with Crippen LogP contribution in [0.3, 0.4) is 0 Å². The molecule has 13 heavy (non-hydrogen) atoms. The van der Waals surface area contributed by atoms with Gasteiger partial charge in [-0.1, -0.05) is 0 Å². The van der Waals surface area contributed by atoms with Crippen molar-refractivity contribution in [2.45, 2.75) is 6.42 Å². The van der Waals surface area contributed by atoms with Gasteiger partial charge in [-0.3, -0.25) is 4.99 Å². The van der Waals surface area contributed by atoms with Crippen molar-refractivity contribution >= 4 is 11.8 Å². The third-order valence-electron chi connectivity index (χ3n) is 1.84. The fourth-order valence-electron chi connectivity index (χ4n) is 1.20. The van der Waals surface area contributed by atoms with Crippen LogP contribution in [0.15, 0.2) is 17.3 Å². The number of nitriles is 1. The molecule has 4 nitrogen and oxygen atoms in total. The molecule has 2 rings (SSSR count). The Balaban J connectivity index is 2.19. The maximum absolute atomic E-state index is 8.45. The fraction of sp³-hybridized carbons (Fsp3) is 0.222. The number of imidazole rings is 1. The summed E-state index contributed by atoms with van der Waals surface area (Å²) in [6.45, 7) is 0.680. The first-order chi connectivity index (χ1) is 6.40. The van der Waals surface area contributed by atoms with Gasteiger partial charge in [0.05, 0.1) is 24.7 Å². The third-order valence-corrected chi connectivity index (χ3v) is 1.84. The summed E-state index contributed by atoms with van der Waals surface area (Å²) in [5, 5.41) is 8.45. The van der Waals surface area contributed by atoms with Crippen LogP contribution < -0.4 is 0 Å². The van der Waals surface area contributed by atoms with Gasteiger partial charge in [0.15, 0.2) is 0 Å². The van der Waals surface area contributed by atoms with Gasteiger partial charge in [0, 0.05) is 18.0 Å². The zero-order chi connectivity index (χ0) is 9.10. The molecule has 1 aliphatic rings. The van der Waals surface area contributed by atoms with Gasteiger partial charge >= 0.3 is 0 Å². The van der Waals surface area contributed by atoms with Gasteiger partial charge < -0.3 is 4.98 Å². The van der Waals surface area contributed by atoms with Gasteiger partial charge in [0.1, 0.15) is 5.82 Å². The smallest absolute Gasteiger partial charge is 0.135 e. The molecule has 0 spiro atoms. The maximum atomic E-state index is 8.45. The highest BCUT2D eigenvalue weighted by Gasteiger charge is 2.07. The van der Waals surface area contributed by atoms with E-state index >= 15 is 0 Å². The summed E-state index contributed by atoms with van der Waals surface area (Å²) in [6.07, 6.45) is 5.80. The van der Waals surface area contributed by atoms with E-state index in [1.807, 2.05) is 6.08 Å². The lowest BCUT2D eigenvalue weighted by molar-refractivity contribution is 1.12. The number of aromatic amines is 1. The molecule has 0 radical (unpaired) electrons. The van der Waals surface area contributed by atoms with Gasteiger partial charge in [-0.05, 0) is 6.08 Å². The summed E-state index contributed by atoms with van der Waals surface area (Å²) in [5.41, 5.74) is 1.86. The van der Waals surface area contributed by atoms with Crippen LogP contribution in [0.1, 0.15) is 11.5 Å². The number of hydrogen-bond donors (Lipinski definition) is 1. The summed E-state index contributed by atoms with van der Waals surface area (Å²) >= 11 is 0. The second-order valence-corrected chi connectivity index (χ2v) is 2.76. The molecule has 1 aromatic heterocycles. The Labute approximate surface area is 75.6 Å². The minimum absolute atomic E-state index is 0.352. The van der Waals surface area contributed by atoms with Crippen LogP contribution in [0.2, 0.25) is 0 Å². The average Bonchev–Trinajstić information content (AvgIpc) is 2.70. The van der Waals surface area contributed by atoms with E-state index in [-0.39, 0.29) is 0 Å². The van der Waals surface area contributed by atoms with Gasteiger partial charge in [-0.15, -0.1) is 0 Å². The Morgan fingerprint density at radius 1 is 1.62 bits per heavy atom. The van der Waals surface area contributed by atoms with Crippen molar-refractivity contribution in [2.24, 2.45) is 4.99 Å². The van der Waals surface area contributed by atoms with E-state index < -0.39 is 0 Å². The molecule has 0 amide bonds. The number of allylic oxidation sites excluding steroid dienone is 1. The summed E-state index contributed by atoms with van der Waals surface area (Å²) in [6, 6.07) is 2.05. The normalized spacial score (nSPS) is 14.2. The van der Waals surface area contributed by atoms with Gasteiger partial charge in [-0.25, -0.2) is 4.98 Å². The average molecular weight is 172 g/mol. The molecular weight excluding hydrogens is 164 g/mol. The van der Waals surface area contributed by atoms with E-state index in [9.17, 15) is 0 Å². The van der Waals surface area contributed by atoms with E-state index in [0.29, 0.717) is 13.0 Å². The van der Waals surface area contributed by atoms with Crippen LogP contribution in [0.4, 0.5) is 0 Å². The van der Waals surface area contributed by atoms with Gasteiger partial charge in [0.2, 0.25) is 0 Å². The predicted molar refractivity (Wildman–Crippen MR) is 49.2 cm³/mol. The monoisotopic (exact) mass is 172 g/mol. The molecule has 0 aromatic carbocycles. The molecule has 0 aliphatic carbocycles. The molecule has 1 aromatic rings.